The minimum atomic E-state index is -0.176. The highest BCUT2D eigenvalue weighted by atomic mass is 16.5. The second kappa shape index (κ2) is 6.05. The van der Waals surface area contributed by atoms with Crippen LogP contribution in [0.15, 0.2) is 30.7 Å². The molecule has 1 aliphatic heterocycles. The quantitative estimate of drug-likeness (QED) is 0.922. The second-order valence-electron chi connectivity index (χ2n) is 5.19. The number of aryl methyl sites for hydroxylation is 1. The second-order valence-corrected chi connectivity index (χ2v) is 5.19. The van der Waals surface area contributed by atoms with Crippen molar-refractivity contribution in [3.8, 4) is 0 Å². The van der Waals surface area contributed by atoms with Gasteiger partial charge in [-0.25, -0.2) is 4.98 Å². The van der Waals surface area contributed by atoms with Crippen molar-refractivity contribution in [3.63, 3.8) is 0 Å². The van der Waals surface area contributed by atoms with Crippen LogP contribution in [0.25, 0.3) is 0 Å². The predicted molar refractivity (Wildman–Crippen MR) is 76.5 cm³/mol. The minimum Gasteiger partial charge on any atom is -0.367 e. The first-order valence-corrected chi connectivity index (χ1v) is 7.02. The number of imidazole rings is 1. The molecule has 1 saturated heterocycles. The molecule has 2 aromatic rings. The molecule has 21 heavy (non-hydrogen) atoms. The Kier molecular flexibility index (Phi) is 3.96. The zero-order valence-corrected chi connectivity index (χ0v) is 12.0. The van der Waals surface area contributed by atoms with Gasteiger partial charge >= 0.3 is 0 Å². The van der Waals surface area contributed by atoms with Crippen molar-refractivity contribution in [2.45, 2.75) is 19.4 Å². The number of ether oxygens (including phenoxy) is 1. The van der Waals surface area contributed by atoms with Crippen LogP contribution in [-0.2, 0) is 16.0 Å². The topological polar surface area (TPSA) is 71.1 Å². The van der Waals surface area contributed by atoms with E-state index < -0.39 is 0 Å². The van der Waals surface area contributed by atoms with Gasteiger partial charge in [-0.2, -0.15) is 0 Å². The van der Waals surface area contributed by atoms with Gasteiger partial charge in [0.1, 0.15) is 11.9 Å². The number of nitrogens with one attached hydrogen (secondary N) is 1. The maximum absolute atomic E-state index is 12.4. The number of morpholine rings is 1. The fourth-order valence-electron chi connectivity index (χ4n) is 2.43. The lowest BCUT2D eigenvalue weighted by Gasteiger charge is -2.32. The number of nitrogens with zero attached hydrogens (tertiary/aromatic N) is 3. The van der Waals surface area contributed by atoms with Crippen LogP contribution in [-0.4, -0.2) is 45.5 Å². The normalized spacial score (nSPS) is 18.7. The molecule has 0 saturated carbocycles. The fourth-order valence-corrected chi connectivity index (χ4v) is 2.43. The van der Waals surface area contributed by atoms with Crippen LogP contribution in [0.3, 0.4) is 0 Å². The highest BCUT2D eigenvalue weighted by molar-refractivity contribution is 5.78. The number of hydrogen-bond donors (Lipinski definition) is 1. The maximum atomic E-state index is 12.4. The predicted octanol–water partition coefficient (Wildman–Crippen LogP) is 1.26. The molecular formula is C15H18N4O2. The molecule has 1 fully saturated rings. The van der Waals surface area contributed by atoms with E-state index in [0.29, 0.717) is 26.1 Å². The van der Waals surface area contributed by atoms with Gasteiger partial charge in [0.05, 0.1) is 19.6 Å². The Bertz CT molecular complexity index is 611. The van der Waals surface area contributed by atoms with E-state index in [2.05, 4.69) is 15.0 Å². The van der Waals surface area contributed by atoms with Crippen LogP contribution in [0, 0.1) is 6.92 Å². The molecule has 0 aromatic carbocycles. The number of rotatable bonds is 3. The van der Waals surface area contributed by atoms with E-state index >= 15 is 0 Å². The van der Waals surface area contributed by atoms with Gasteiger partial charge in [-0.05, 0) is 18.6 Å². The molecule has 110 valence electrons. The van der Waals surface area contributed by atoms with Crippen molar-refractivity contribution < 1.29 is 9.53 Å². The number of H-pyrrole nitrogens is 1. The van der Waals surface area contributed by atoms with Gasteiger partial charge in [0.25, 0.3) is 0 Å². The van der Waals surface area contributed by atoms with Gasteiger partial charge in [-0.15, -0.1) is 0 Å². The summed E-state index contributed by atoms with van der Waals surface area (Å²) >= 11 is 0. The molecule has 1 atom stereocenters. The monoisotopic (exact) mass is 286 g/mol. The summed E-state index contributed by atoms with van der Waals surface area (Å²) in [5.41, 5.74) is 1.92. The Balaban J connectivity index is 1.64. The molecular weight excluding hydrogens is 268 g/mol. The lowest BCUT2D eigenvalue weighted by atomic mass is 10.1. The molecule has 1 aliphatic rings. The van der Waals surface area contributed by atoms with Gasteiger partial charge < -0.3 is 14.6 Å². The van der Waals surface area contributed by atoms with Gasteiger partial charge in [-0.1, -0.05) is 6.07 Å². The number of aromatic nitrogens is 3. The number of amides is 1. The largest absolute Gasteiger partial charge is 0.367 e. The summed E-state index contributed by atoms with van der Waals surface area (Å²) in [5.74, 6) is 0.881. The lowest BCUT2D eigenvalue weighted by Crippen LogP contribution is -2.43. The average molecular weight is 286 g/mol. The summed E-state index contributed by atoms with van der Waals surface area (Å²) in [6, 6.07) is 3.76. The number of carbonyl (C=O) groups excluding carboxylic acids is 1. The summed E-state index contributed by atoms with van der Waals surface area (Å²) in [7, 11) is 0. The van der Waals surface area contributed by atoms with E-state index in [1.165, 1.54) is 0 Å². The first-order valence-electron chi connectivity index (χ1n) is 7.02. The lowest BCUT2D eigenvalue weighted by molar-refractivity contribution is -0.138. The van der Waals surface area contributed by atoms with Crippen molar-refractivity contribution in [2.24, 2.45) is 0 Å². The molecule has 1 amide bonds. The smallest absolute Gasteiger partial charge is 0.227 e. The van der Waals surface area contributed by atoms with Crippen LogP contribution < -0.4 is 0 Å². The minimum absolute atomic E-state index is 0.0968. The van der Waals surface area contributed by atoms with E-state index in [1.807, 2.05) is 24.0 Å². The van der Waals surface area contributed by atoms with Crippen LogP contribution in [0.5, 0.6) is 0 Å². The molecule has 1 N–H and O–H groups in total. The zero-order valence-electron chi connectivity index (χ0n) is 12.0. The molecule has 1 unspecified atom stereocenters. The molecule has 2 aromatic heterocycles. The molecule has 6 heteroatoms. The van der Waals surface area contributed by atoms with Gasteiger partial charge in [0.2, 0.25) is 5.91 Å². The van der Waals surface area contributed by atoms with E-state index in [0.717, 1.165) is 17.1 Å². The highest BCUT2D eigenvalue weighted by Crippen LogP contribution is 2.20. The van der Waals surface area contributed by atoms with Crippen molar-refractivity contribution in [2.75, 3.05) is 19.7 Å². The van der Waals surface area contributed by atoms with Gasteiger partial charge in [0, 0.05) is 30.8 Å². The van der Waals surface area contributed by atoms with Crippen molar-refractivity contribution >= 4 is 5.91 Å². The summed E-state index contributed by atoms with van der Waals surface area (Å²) in [6.07, 6.45) is 5.40. The van der Waals surface area contributed by atoms with E-state index in [1.54, 1.807) is 18.6 Å². The van der Waals surface area contributed by atoms with Gasteiger partial charge in [0.15, 0.2) is 0 Å². The van der Waals surface area contributed by atoms with Crippen molar-refractivity contribution in [1.82, 2.24) is 19.9 Å². The Hall–Kier alpha value is -2.21. The van der Waals surface area contributed by atoms with Crippen molar-refractivity contribution in [3.05, 3.63) is 47.8 Å². The van der Waals surface area contributed by atoms with Crippen LogP contribution >= 0.6 is 0 Å². The number of pyridine rings is 1. The van der Waals surface area contributed by atoms with Crippen molar-refractivity contribution in [1.29, 1.82) is 0 Å². The maximum Gasteiger partial charge on any atom is 0.227 e. The fraction of sp³-hybridized carbons (Fsp3) is 0.400. The third-order valence-corrected chi connectivity index (χ3v) is 3.52. The molecule has 0 spiro atoms. The summed E-state index contributed by atoms with van der Waals surface area (Å²) in [5, 5.41) is 0. The Morgan fingerprint density at radius 2 is 2.43 bits per heavy atom. The highest BCUT2D eigenvalue weighted by Gasteiger charge is 2.27. The van der Waals surface area contributed by atoms with Crippen LogP contribution in [0.4, 0.5) is 0 Å². The molecule has 3 heterocycles. The number of hydrogen-bond acceptors (Lipinski definition) is 4. The third-order valence-electron chi connectivity index (χ3n) is 3.52. The van der Waals surface area contributed by atoms with Crippen LogP contribution in [0.1, 0.15) is 23.2 Å². The molecule has 3 rings (SSSR count). The summed E-state index contributed by atoms with van der Waals surface area (Å²) < 4.78 is 5.71. The van der Waals surface area contributed by atoms with Gasteiger partial charge in [-0.3, -0.25) is 9.78 Å². The third kappa shape index (κ3) is 3.28. The number of aromatic amines is 1. The van der Waals surface area contributed by atoms with Crippen LogP contribution in [0.2, 0.25) is 0 Å². The SMILES string of the molecule is Cc1cnc(C2CN(C(=O)Cc3cccnc3)CCO2)[nH]1. The molecule has 0 bridgehead atoms. The first kappa shape index (κ1) is 13.8. The Morgan fingerprint density at radius 3 is 3.14 bits per heavy atom. The average Bonchev–Trinajstić information content (AvgIpc) is 2.95. The molecule has 0 radical (unpaired) electrons. The standard InChI is InChI=1S/C15H18N4O2/c1-11-8-17-15(18-11)13-10-19(5-6-21-13)14(20)7-12-3-2-4-16-9-12/h2-4,8-9,13H,5-7,10H2,1H3,(H,17,18). The van der Waals surface area contributed by atoms with E-state index in [4.69, 9.17) is 4.74 Å². The Morgan fingerprint density at radius 1 is 1.52 bits per heavy atom. The zero-order chi connectivity index (χ0) is 14.7. The summed E-state index contributed by atoms with van der Waals surface area (Å²) in [4.78, 5) is 25.7. The van der Waals surface area contributed by atoms with E-state index in [-0.39, 0.29) is 12.0 Å². The summed E-state index contributed by atoms with van der Waals surface area (Å²) in [6.45, 7) is 3.63. The molecule has 6 nitrogen and oxygen atoms in total. The van der Waals surface area contributed by atoms with E-state index in [9.17, 15) is 4.79 Å². The first-order chi connectivity index (χ1) is 10.2. The Labute approximate surface area is 123 Å². The molecule has 0 aliphatic carbocycles. The number of carbonyl (C=O) groups is 1.